The summed E-state index contributed by atoms with van der Waals surface area (Å²) in [7, 11) is -2.85. The van der Waals surface area contributed by atoms with Gasteiger partial charge in [0.25, 0.3) is 0 Å². The molecule has 0 bridgehead atoms. The highest BCUT2D eigenvalue weighted by Crippen LogP contribution is 2.25. The molecule has 1 aromatic rings. The number of sulfone groups is 1. The fourth-order valence-electron chi connectivity index (χ4n) is 2.62. The summed E-state index contributed by atoms with van der Waals surface area (Å²) in [5.41, 5.74) is 8.50. The number of aryl methyl sites for hydroxylation is 1. The molecule has 2 unspecified atom stereocenters. The molecule has 0 aromatic heterocycles. The van der Waals surface area contributed by atoms with Crippen molar-refractivity contribution < 1.29 is 8.42 Å². The molecular formula is C14H22N2O2S. The first-order valence-corrected chi connectivity index (χ1v) is 8.48. The van der Waals surface area contributed by atoms with Crippen LogP contribution in [0.4, 0.5) is 0 Å². The minimum absolute atomic E-state index is 0.0245. The Bertz CT molecular complexity index is 509. The van der Waals surface area contributed by atoms with Crippen molar-refractivity contribution in [3.63, 3.8) is 0 Å². The molecule has 2 N–H and O–H groups in total. The molecule has 106 valence electrons. The van der Waals surface area contributed by atoms with Gasteiger partial charge in [0.2, 0.25) is 0 Å². The zero-order chi connectivity index (χ0) is 14.0. The summed E-state index contributed by atoms with van der Waals surface area (Å²) in [6.07, 6.45) is 0. The SMILES string of the molecule is Cc1ccc(C(C(C)N)N2CCS(=O)(=O)CC2)cc1. The van der Waals surface area contributed by atoms with Gasteiger partial charge in [-0.3, -0.25) is 4.90 Å². The van der Waals surface area contributed by atoms with Gasteiger partial charge in [0.1, 0.15) is 0 Å². The molecule has 1 aliphatic rings. The van der Waals surface area contributed by atoms with Crippen LogP contribution in [0.2, 0.25) is 0 Å². The van der Waals surface area contributed by atoms with Gasteiger partial charge in [0, 0.05) is 25.2 Å². The average molecular weight is 282 g/mol. The Balaban J connectivity index is 2.19. The van der Waals surface area contributed by atoms with E-state index in [0.29, 0.717) is 13.1 Å². The number of hydrogen-bond donors (Lipinski definition) is 1. The number of nitrogens with two attached hydrogens (primary N) is 1. The van der Waals surface area contributed by atoms with Gasteiger partial charge in [-0.2, -0.15) is 0 Å². The summed E-state index contributed by atoms with van der Waals surface area (Å²) in [6.45, 7) is 5.18. The van der Waals surface area contributed by atoms with E-state index in [4.69, 9.17) is 5.73 Å². The van der Waals surface area contributed by atoms with Crippen molar-refractivity contribution in [2.45, 2.75) is 25.9 Å². The second kappa shape index (κ2) is 5.61. The standard InChI is InChI=1S/C14H22N2O2S/c1-11-3-5-13(6-4-11)14(12(2)15)16-7-9-19(17,18)10-8-16/h3-6,12,14H,7-10,15H2,1-2H3. The van der Waals surface area contributed by atoms with Crippen LogP contribution < -0.4 is 5.73 Å². The minimum atomic E-state index is -2.85. The largest absolute Gasteiger partial charge is 0.326 e. The van der Waals surface area contributed by atoms with E-state index in [2.05, 4.69) is 36.1 Å². The van der Waals surface area contributed by atoms with Crippen molar-refractivity contribution in [2.75, 3.05) is 24.6 Å². The third-order valence-electron chi connectivity index (χ3n) is 3.69. The van der Waals surface area contributed by atoms with Gasteiger partial charge in [-0.15, -0.1) is 0 Å². The molecule has 2 atom stereocenters. The Labute approximate surface area is 115 Å². The fourth-order valence-corrected chi connectivity index (χ4v) is 3.84. The molecule has 0 saturated carbocycles. The summed E-state index contributed by atoms with van der Waals surface area (Å²) < 4.78 is 23.0. The van der Waals surface area contributed by atoms with Crippen LogP contribution in [-0.4, -0.2) is 44.0 Å². The van der Waals surface area contributed by atoms with E-state index in [0.717, 1.165) is 0 Å². The van der Waals surface area contributed by atoms with Crippen molar-refractivity contribution in [1.82, 2.24) is 4.90 Å². The molecular weight excluding hydrogens is 260 g/mol. The first kappa shape index (κ1) is 14.5. The molecule has 2 rings (SSSR count). The molecule has 1 fully saturated rings. The van der Waals surface area contributed by atoms with Crippen LogP contribution in [0.1, 0.15) is 24.1 Å². The molecule has 19 heavy (non-hydrogen) atoms. The van der Waals surface area contributed by atoms with Crippen molar-refractivity contribution in [3.8, 4) is 0 Å². The van der Waals surface area contributed by atoms with Gasteiger partial charge >= 0.3 is 0 Å². The molecule has 0 spiro atoms. The zero-order valence-corrected chi connectivity index (χ0v) is 12.4. The topological polar surface area (TPSA) is 63.4 Å². The number of rotatable bonds is 3. The van der Waals surface area contributed by atoms with E-state index < -0.39 is 9.84 Å². The second-order valence-electron chi connectivity index (χ2n) is 5.40. The molecule has 0 radical (unpaired) electrons. The lowest BCUT2D eigenvalue weighted by Gasteiger charge is -2.37. The maximum atomic E-state index is 11.5. The summed E-state index contributed by atoms with van der Waals surface area (Å²) in [6, 6.07) is 8.40. The minimum Gasteiger partial charge on any atom is -0.326 e. The third-order valence-corrected chi connectivity index (χ3v) is 5.30. The molecule has 1 aromatic carbocycles. The highest BCUT2D eigenvalue weighted by Gasteiger charge is 2.29. The lowest BCUT2D eigenvalue weighted by Crippen LogP contribution is -2.47. The van der Waals surface area contributed by atoms with E-state index in [-0.39, 0.29) is 23.6 Å². The molecule has 1 aliphatic heterocycles. The van der Waals surface area contributed by atoms with Crippen LogP contribution in [0.5, 0.6) is 0 Å². The summed E-state index contributed by atoms with van der Waals surface area (Å²) in [5, 5.41) is 0. The molecule has 5 heteroatoms. The van der Waals surface area contributed by atoms with E-state index >= 15 is 0 Å². The normalized spacial score (nSPS) is 22.9. The first-order chi connectivity index (χ1) is 8.89. The fraction of sp³-hybridized carbons (Fsp3) is 0.571. The van der Waals surface area contributed by atoms with Gasteiger partial charge in [-0.1, -0.05) is 29.8 Å². The van der Waals surface area contributed by atoms with E-state index in [9.17, 15) is 8.42 Å². The Morgan fingerprint density at radius 2 is 1.68 bits per heavy atom. The number of hydrogen-bond acceptors (Lipinski definition) is 4. The van der Waals surface area contributed by atoms with Gasteiger partial charge in [-0.05, 0) is 19.4 Å². The number of benzene rings is 1. The molecule has 1 heterocycles. The van der Waals surface area contributed by atoms with Crippen LogP contribution >= 0.6 is 0 Å². The molecule has 4 nitrogen and oxygen atoms in total. The highest BCUT2D eigenvalue weighted by molar-refractivity contribution is 7.91. The molecule has 1 saturated heterocycles. The Kier molecular flexibility index (Phi) is 4.28. The van der Waals surface area contributed by atoms with Crippen molar-refractivity contribution >= 4 is 9.84 Å². The zero-order valence-electron chi connectivity index (χ0n) is 11.5. The van der Waals surface area contributed by atoms with Crippen LogP contribution in [0, 0.1) is 6.92 Å². The predicted octanol–water partition coefficient (Wildman–Crippen LogP) is 1.11. The summed E-state index contributed by atoms with van der Waals surface area (Å²) in [4.78, 5) is 2.19. The monoisotopic (exact) mass is 282 g/mol. The third kappa shape index (κ3) is 3.55. The Hall–Kier alpha value is -0.910. The van der Waals surface area contributed by atoms with Gasteiger partial charge in [0.15, 0.2) is 9.84 Å². The quantitative estimate of drug-likeness (QED) is 0.902. The van der Waals surface area contributed by atoms with Gasteiger partial charge in [0.05, 0.1) is 11.5 Å². The van der Waals surface area contributed by atoms with Crippen LogP contribution in [0.3, 0.4) is 0 Å². The Morgan fingerprint density at radius 1 is 1.16 bits per heavy atom. The first-order valence-electron chi connectivity index (χ1n) is 6.66. The summed E-state index contributed by atoms with van der Waals surface area (Å²) in [5.74, 6) is 0.476. The number of nitrogens with zero attached hydrogens (tertiary/aromatic N) is 1. The second-order valence-corrected chi connectivity index (χ2v) is 7.71. The van der Waals surface area contributed by atoms with Crippen molar-refractivity contribution in [2.24, 2.45) is 5.73 Å². The maximum Gasteiger partial charge on any atom is 0.152 e. The smallest absolute Gasteiger partial charge is 0.152 e. The van der Waals surface area contributed by atoms with Gasteiger partial charge in [-0.25, -0.2) is 8.42 Å². The van der Waals surface area contributed by atoms with E-state index in [1.165, 1.54) is 11.1 Å². The van der Waals surface area contributed by atoms with Crippen LogP contribution in [0.25, 0.3) is 0 Å². The maximum absolute atomic E-state index is 11.5. The van der Waals surface area contributed by atoms with Crippen LogP contribution in [0.15, 0.2) is 24.3 Å². The Morgan fingerprint density at radius 3 is 2.16 bits per heavy atom. The lowest BCUT2D eigenvalue weighted by molar-refractivity contribution is 0.191. The average Bonchev–Trinajstić information content (AvgIpc) is 2.33. The summed E-state index contributed by atoms with van der Waals surface area (Å²) >= 11 is 0. The highest BCUT2D eigenvalue weighted by atomic mass is 32.2. The van der Waals surface area contributed by atoms with Crippen LogP contribution in [-0.2, 0) is 9.84 Å². The van der Waals surface area contributed by atoms with E-state index in [1.807, 2.05) is 6.92 Å². The molecule has 0 amide bonds. The van der Waals surface area contributed by atoms with Crippen molar-refractivity contribution in [3.05, 3.63) is 35.4 Å². The molecule has 0 aliphatic carbocycles. The predicted molar refractivity (Wildman–Crippen MR) is 77.8 cm³/mol. The van der Waals surface area contributed by atoms with Crippen molar-refractivity contribution in [1.29, 1.82) is 0 Å². The van der Waals surface area contributed by atoms with Gasteiger partial charge < -0.3 is 5.73 Å². The van der Waals surface area contributed by atoms with E-state index in [1.54, 1.807) is 0 Å². The lowest BCUT2D eigenvalue weighted by atomic mass is 9.98.